The number of benzene rings is 1. The fourth-order valence-electron chi connectivity index (χ4n) is 1.79. The van der Waals surface area contributed by atoms with E-state index in [4.69, 9.17) is 5.11 Å². The zero-order chi connectivity index (χ0) is 10.8. The van der Waals surface area contributed by atoms with Gasteiger partial charge in [-0.1, -0.05) is 30.3 Å². The minimum atomic E-state index is -0.322. The molecule has 1 aliphatic heterocycles. The van der Waals surface area contributed by atoms with Crippen LogP contribution in [-0.4, -0.2) is 35.1 Å². The number of aliphatic hydroxyl groups excluding tert-OH is 1. The second-order valence-electron chi connectivity index (χ2n) is 4.03. The van der Waals surface area contributed by atoms with Gasteiger partial charge in [0, 0.05) is 13.1 Å². The maximum Gasteiger partial charge on any atom is 0.230 e. The molecule has 3 heteroatoms. The van der Waals surface area contributed by atoms with E-state index in [1.807, 2.05) is 37.3 Å². The molecule has 1 aromatic rings. The molecular weight excluding hydrogens is 190 g/mol. The lowest BCUT2D eigenvalue weighted by Crippen LogP contribution is -2.54. The Labute approximate surface area is 89.3 Å². The Morgan fingerprint density at radius 2 is 2.00 bits per heavy atom. The first-order valence-corrected chi connectivity index (χ1v) is 5.20. The van der Waals surface area contributed by atoms with Crippen LogP contribution in [0.3, 0.4) is 0 Å². The minimum absolute atomic E-state index is 0.103. The van der Waals surface area contributed by atoms with Crippen molar-refractivity contribution in [2.45, 2.75) is 18.9 Å². The van der Waals surface area contributed by atoms with Crippen molar-refractivity contribution in [2.75, 3.05) is 13.1 Å². The van der Waals surface area contributed by atoms with E-state index in [-0.39, 0.29) is 17.9 Å². The maximum atomic E-state index is 11.9. The van der Waals surface area contributed by atoms with E-state index >= 15 is 0 Å². The Kier molecular flexibility index (Phi) is 2.73. The maximum absolute atomic E-state index is 11.9. The van der Waals surface area contributed by atoms with Crippen molar-refractivity contribution in [1.82, 2.24) is 4.90 Å². The van der Waals surface area contributed by atoms with Gasteiger partial charge in [0.2, 0.25) is 5.91 Å². The summed E-state index contributed by atoms with van der Waals surface area (Å²) in [5, 5.41) is 9.13. The van der Waals surface area contributed by atoms with E-state index in [2.05, 4.69) is 0 Å². The number of β-amino-alcohol motifs (C(OH)–C–C–N with tert-alkyl or cyclic N) is 1. The van der Waals surface area contributed by atoms with Crippen LogP contribution in [0.5, 0.6) is 0 Å². The lowest BCUT2D eigenvalue weighted by Gasteiger charge is -2.37. The Morgan fingerprint density at radius 3 is 2.53 bits per heavy atom. The second-order valence-corrected chi connectivity index (χ2v) is 4.03. The number of amides is 1. The summed E-state index contributed by atoms with van der Waals surface area (Å²) in [6.45, 7) is 2.87. The number of carbonyl (C=O) groups is 1. The average Bonchev–Trinajstić information content (AvgIpc) is 2.24. The Hall–Kier alpha value is -1.35. The second kappa shape index (κ2) is 4.03. The van der Waals surface area contributed by atoms with Gasteiger partial charge in [0.15, 0.2) is 0 Å². The Morgan fingerprint density at radius 1 is 1.40 bits per heavy atom. The van der Waals surface area contributed by atoms with Crippen LogP contribution < -0.4 is 0 Å². The first-order valence-electron chi connectivity index (χ1n) is 5.20. The van der Waals surface area contributed by atoms with Crippen molar-refractivity contribution in [1.29, 1.82) is 0 Å². The summed E-state index contributed by atoms with van der Waals surface area (Å²) >= 11 is 0. The smallest absolute Gasteiger partial charge is 0.230 e. The molecule has 0 aliphatic carbocycles. The number of aliphatic hydroxyl groups is 1. The molecule has 1 aliphatic rings. The molecule has 0 bridgehead atoms. The number of hydrogen-bond acceptors (Lipinski definition) is 2. The summed E-state index contributed by atoms with van der Waals surface area (Å²) in [6, 6.07) is 9.72. The van der Waals surface area contributed by atoms with Crippen LogP contribution >= 0.6 is 0 Å². The lowest BCUT2D eigenvalue weighted by atomic mass is 9.98. The fourth-order valence-corrected chi connectivity index (χ4v) is 1.79. The van der Waals surface area contributed by atoms with Crippen LogP contribution in [0.15, 0.2) is 30.3 Å². The summed E-state index contributed by atoms with van der Waals surface area (Å²) in [4.78, 5) is 13.6. The Balaban J connectivity index is 2.02. The summed E-state index contributed by atoms with van der Waals surface area (Å²) in [7, 11) is 0. The van der Waals surface area contributed by atoms with Crippen molar-refractivity contribution in [2.24, 2.45) is 0 Å². The molecule has 1 N–H and O–H groups in total. The van der Waals surface area contributed by atoms with Gasteiger partial charge in [0.05, 0.1) is 12.0 Å². The van der Waals surface area contributed by atoms with Crippen LogP contribution in [-0.2, 0) is 4.79 Å². The van der Waals surface area contributed by atoms with Crippen molar-refractivity contribution in [3.63, 3.8) is 0 Å². The van der Waals surface area contributed by atoms with E-state index < -0.39 is 0 Å². The van der Waals surface area contributed by atoms with Gasteiger partial charge >= 0.3 is 0 Å². The van der Waals surface area contributed by atoms with Gasteiger partial charge in [-0.05, 0) is 12.5 Å². The third kappa shape index (κ3) is 2.02. The highest BCUT2D eigenvalue weighted by Gasteiger charge is 2.31. The first kappa shape index (κ1) is 10.2. The van der Waals surface area contributed by atoms with Crippen molar-refractivity contribution in [3.8, 4) is 0 Å². The lowest BCUT2D eigenvalue weighted by molar-refractivity contribution is -0.142. The SMILES string of the molecule is C[C@H](C(=O)N1CC(O)C1)c1ccccc1. The minimum Gasteiger partial charge on any atom is -0.389 e. The number of carbonyl (C=O) groups excluding carboxylic acids is 1. The van der Waals surface area contributed by atoms with E-state index in [1.165, 1.54) is 0 Å². The van der Waals surface area contributed by atoms with Crippen LogP contribution in [0.4, 0.5) is 0 Å². The topological polar surface area (TPSA) is 40.5 Å². The van der Waals surface area contributed by atoms with Gasteiger partial charge in [-0.2, -0.15) is 0 Å². The van der Waals surface area contributed by atoms with Gasteiger partial charge in [0.1, 0.15) is 0 Å². The molecule has 1 atom stereocenters. The summed E-state index contributed by atoms with van der Waals surface area (Å²) in [6.07, 6.45) is -0.322. The number of rotatable bonds is 2. The van der Waals surface area contributed by atoms with Gasteiger partial charge in [-0.25, -0.2) is 0 Å². The predicted octanol–water partition coefficient (Wildman–Crippen LogP) is 0.993. The zero-order valence-corrected chi connectivity index (χ0v) is 8.76. The zero-order valence-electron chi connectivity index (χ0n) is 8.76. The quantitative estimate of drug-likeness (QED) is 0.782. The van der Waals surface area contributed by atoms with Crippen molar-refractivity contribution >= 4 is 5.91 Å². The summed E-state index contributed by atoms with van der Waals surface area (Å²) in [5.41, 5.74) is 1.03. The monoisotopic (exact) mass is 205 g/mol. The molecule has 0 unspecified atom stereocenters. The molecule has 0 saturated carbocycles. The molecule has 2 rings (SSSR count). The highest BCUT2D eigenvalue weighted by atomic mass is 16.3. The standard InChI is InChI=1S/C12H15NO2/c1-9(10-5-3-2-4-6-10)12(15)13-7-11(14)8-13/h2-6,9,11,14H,7-8H2,1H3/t9-/m0/s1. The van der Waals surface area contributed by atoms with Gasteiger partial charge in [-0.3, -0.25) is 4.79 Å². The molecule has 1 aromatic carbocycles. The fraction of sp³-hybridized carbons (Fsp3) is 0.417. The van der Waals surface area contributed by atoms with Crippen LogP contribution in [0.1, 0.15) is 18.4 Å². The van der Waals surface area contributed by atoms with E-state index in [1.54, 1.807) is 4.90 Å². The van der Waals surface area contributed by atoms with E-state index in [9.17, 15) is 4.79 Å². The third-order valence-corrected chi connectivity index (χ3v) is 2.84. The molecule has 15 heavy (non-hydrogen) atoms. The average molecular weight is 205 g/mol. The molecule has 3 nitrogen and oxygen atoms in total. The van der Waals surface area contributed by atoms with Gasteiger partial charge in [0.25, 0.3) is 0 Å². The largest absolute Gasteiger partial charge is 0.389 e. The third-order valence-electron chi connectivity index (χ3n) is 2.84. The van der Waals surface area contributed by atoms with Gasteiger partial charge in [-0.15, -0.1) is 0 Å². The number of hydrogen-bond donors (Lipinski definition) is 1. The molecule has 1 heterocycles. The normalized spacial score (nSPS) is 18.4. The van der Waals surface area contributed by atoms with Crippen molar-refractivity contribution < 1.29 is 9.90 Å². The molecule has 0 radical (unpaired) electrons. The number of nitrogens with zero attached hydrogens (tertiary/aromatic N) is 1. The highest BCUT2D eigenvalue weighted by molar-refractivity contribution is 5.84. The number of likely N-dealkylation sites (tertiary alicyclic amines) is 1. The molecular formula is C12H15NO2. The van der Waals surface area contributed by atoms with Crippen LogP contribution in [0.2, 0.25) is 0 Å². The van der Waals surface area contributed by atoms with Gasteiger partial charge < -0.3 is 10.0 Å². The molecule has 1 fully saturated rings. The van der Waals surface area contributed by atoms with E-state index in [0.717, 1.165) is 5.56 Å². The first-order chi connectivity index (χ1) is 7.18. The summed E-state index contributed by atoms with van der Waals surface area (Å²) < 4.78 is 0. The highest BCUT2D eigenvalue weighted by Crippen LogP contribution is 2.20. The van der Waals surface area contributed by atoms with Crippen LogP contribution in [0, 0.1) is 0 Å². The van der Waals surface area contributed by atoms with Crippen LogP contribution in [0.25, 0.3) is 0 Å². The molecule has 1 amide bonds. The molecule has 0 aromatic heterocycles. The van der Waals surface area contributed by atoms with Crippen molar-refractivity contribution in [3.05, 3.63) is 35.9 Å². The Bertz CT molecular complexity index is 344. The molecule has 1 saturated heterocycles. The predicted molar refractivity (Wildman–Crippen MR) is 57.4 cm³/mol. The molecule has 80 valence electrons. The summed E-state index contributed by atoms with van der Waals surface area (Å²) in [5.74, 6) is -0.00907. The molecule has 0 spiro atoms. The van der Waals surface area contributed by atoms with E-state index in [0.29, 0.717) is 13.1 Å².